The first kappa shape index (κ1) is 15.1. The molecule has 0 aliphatic heterocycles. The van der Waals surface area contributed by atoms with Crippen molar-refractivity contribution in [2.24, 2.45) is 0 Å². The van der Waals surface area contributed by atoms with Gasteiger partial charge in [0.15, 0.2) is 0 Å². The minimum atomic E-state index is -0.388. The van der Waals surface area contributed by atoms with E-state index in [4.69, 9.17) is 0 Å². The molecular formula is C13H14BrN3O2S. The number of nitrogens with zero attached hydrogens (tertiary/aromatic N) is 2. The maximum atomic E-state index is 10.9. The van der Waals surface area contributed by atoms with Gasteiger partial charge in [-0.05, 0) is 35.3 Å². The third-order valence-electron chi connectivity index (χ3n) is 2.86. The topological polar surface area (TPSA) is 68.1 Å². The second-order valence-corrected chi connectivity index (χ2v) is 6.12. The van der Waals surface area contributed by atoms with Crippen LogP contribution in [-0.2, 0) is 6.54 Å². The van der Waals surface area contributed by atoms with E-state index >= 15 is 0 Å². The zero-order chi connectivity index (χ0) is 14.7. The quantitative estimate of drug-likeness (QED) is 0.650. The smallest absolute Gasteiger partial charge is 0.283 e. The molecule has 106 valence electrons. The largest absolute Gasteiger partial charge is 0.304 e. The molecule has 0 bridgehead atoms. The summed E-state index contributed by atoms with van der Waals surface area (Å²) in [6, 6.07) is 5.16. The molecule has 1 heterocycles. The highest BCUT2D eigenvalue weighted by Crippen LogP contribution is 2.28. The third kappa shape index (κ3) is 3.41. The summed E-state index contributed by atoms with van der Waals surface area (Å²) in [6.45, 7) is 4.54. The number of thiazole rings is 1. The van der Waals surface area contributed by atoms with Gasteiger partial charge in [-0.1, -0.05) is 12.1 Å². The van der Waals surface area contributed by atoms with Crippen molar-refractivity contribution in [3.63, 3.8) is 0 Å². The molecule has 1 N–H and O–H groups in total. The highest BCUT2D eigenvalue weighted by molar-refractivity contribution is 9.10. The van der Waals surface area contributed by atoms with Gasteiger partial charge >= 0.3 is 0 Å². The fraction of sp³-hybridized carbons (Fsp3) is 0.308. The predicted octanol–water partition coefficient (Wildman–Crippen LogP) is 3.97. The Morgan fingerprint density at radius 2 is 2.30 bits per heavy atom. The van der Waals surface area contributed by atoms with Gasteiger partial charge in [-0.25, -0.2) is 4.98 Å². The van der Waals surface area contributed by atoms with Crippen LogP contribution in [0, 0.1) is 17.0 Å². The molecule has 20 heavy (non-hydrogen) atoms. The van der Waals surface area contributed by atoms with Crippen molar-refractivity contribution in [3.05, 3.63) is 54.4 Å². The minimum Gasteiger partial charge on any atom is -0.304 e. The van der Waals surface area contributed by atoms with E-state index in [-0.39, 0.29) is 16.7 Å². The van der Waals surface area contributed by atoms with E-state index in [0.29, 0.717) is 11.0 Å². The van der Waals surface area contributed by atoms with Crippen LogP contribution in [0.15, 0.2) is 28.1 Å². The maximum absolute atomic E-state index is 10.9. The Morgan fingerprint density at radius 3 is 2.90 bits per heavy atom. The number of nitro groups is 1. The number of benzene rings is 1. The Bertz CT molecular complexity index is 630. The number of aromatic nitrogens is 1. The lowest BCUT2D eigenvalue weighted by molar-refractivity contribution is -0.385. The summed E-state index contributed by atoms with van der Waals surface area (Å²) in [5.41, 5.74) is 1.96. The molecule has 0 radical (unpaired) electrons. The monoisotopic (exact) mass is 355 g/mol. The molecule has 0 amide bonds. The Labute approximate surface area is 129 Å². The second-order valence-electron chi connectivity index (χ2n) is 4.44. The first-order valence-corrected chi connectivity index (χ1v) is 7.73. The van der Waals surface area contributed by atoms with Crippen LogP contribution in [0.1, 0.15) is 29.2 Å². The number of nitro benzene ring substituents is 1. The SMILES string of the molecule is Cc1csc(C(C)NCc2cccc([N+](=O)[O-])c2Br)n1. The Hall–Kier alpha value is -1.31. The molecule has 0 saturated heterocycles. The molecule has 0 spiro atoms. The molecule has 1 unspecified atom stereocenters. The van der Waals surface area contributed by atoms with Gasteiger partial charge in [0.1, 0.15) is 5.01 Å². The fourth-order valence-corrected chi connectivity index (χ4v) is 3.14. The lowest BCUT2D eigenvalue weighted by atomic mass is 10.2. The maximum Gasteiger partial charge on any atom is 0.283 e. The van der Waals surface area contributed by atoms with Crippen LogP contribution in [0.2, 0.25) is 0 Å². The zero-order valence-corrected chi connectivity index (χ0v) is 13.5. The second kappa shape index (κ2) is 6.43. The number of hydrogen-bond acceptors (Lipinski definition) is 5. The Morgan fingerprint density at radius 1 is 1.55 bits per heavy atom. The molecule has 2 aromatic rings. The van der Waals surface area contributed by atoms with Crippen LogP contribution in [0.4, 0.5) is 5.69 Å². The van der Waals surface area contributed by atoms with Crippen molar-refractivity contribution in [2.45, 2.75) is 26.4 Å². The molecular weight excluding hydrogens is 342 g/mol. The van der Waals surface area contributed by atoms with Gasteiger partial charge in [0.2, 0.25) is 0 Å². The summed E-state index contributed by atoms with van der Waals surface area (Å²) in [5, 5.41) is 17.2. The summed E-state index contributed by atoms with van der Waals surface area (Å²) < 4.78 is 0.528. The molecule has 1 atom stereocenters. The van der Waals surface area contributed by atoms with Gasteiger partial charge in [-0.15, -0.1) is 11.3 Å². The summed E-state index contributed by atoms with van der Waals surface area (Å²) >= 11 is 4.91. The lowest BCUT2D eigenvalue weighted by Gasteiger charge is -2.12. The third-order valence-corrected chi connectivity index (χ3v) is 4.92. The first-order valence-electron chi connectivity index (χ1n) is 6.06. The first-order chi connectivity index (χ1) is 9.49. The van der Waals surface area contributed by atoms with Crippen molar-refractivity contribution in [1.82, 2.24) is 10.3 Å². The van der Waals surface area contributed by atoms with Crippen molar-refractivity contribution < 1.29 is 4.92 Å². The number of nitrogens with one attached hydrogen (secondary N) is 1. The van der Waals surface area contributed by atoms with Gasteiger partial charge < -0.3 is 5.32 Å². The van der Waals surface area contributed by atoms with Crippen molar-refractivity contribution >= 4 is 33.0 Å². The average molecular weight is 356 g/mol. The van der Waals surface area contributed by atoms with E-state index in [0.717, 1.165) is 16.3 Å². The molecule has 1 aromatic carbocycles. The van der Waals surface area contributed by atoms with E-state index in [2.05, 4.69) is 26.2 Å². The van der Waals surface area contributed by atoms with Gasteiger partial charge in [0.05, 0.1) is 15.4 Å². The minimum absolute atomic E-state index is 0.0852. The number of aryl methyl sites for hydroxylation is 1. The summed E-state index contributed by atoms with van der Waals surface area (Å²) in [7, 11) is 0. The number of hydrogen-bond donors (Lipinski definition) is 1. The van der Waals surface area contributed by atoms with Gasteiger partial charge in [0, 0.05) is 23.7 Å². The van der Waals surface area contributed by atoms with Crippen molar-refractivity contribution in [1.29, 1.82) is 0 Å². The van der Waals surface area contributed by atoms with Crippen LogP contribution in [0.25, 0.3) is 0 Å². The van der Waals surface area contributed by atoms with Crippen LogP contribution in [0.5, 0.6) is 0 Å². The van der Waals surface area contributed by atoms with Gasteiger partial charge in [-0.2, -0.15) is 0 Å². The summed E-state index contributed by atoms with van der Waals surface area (Å²) in [4.78, 5) is 14.9. The van der Waals surface area contributed by atoms with Crippen LogP contribution < -0.4 is 5.32 Å². The van der Waals surface area contributed by atoms with E-state index < -0.39 is 0 Å². The number of halogens is 1. The summed E-state index contributed by atoms with van der Waals surface area (Å²) in [5.74, 6) is 0. The van der Waals surface area contributed by atoms with E-state index in [1.54, 1.807) is 17.4 Å². The highest BCUT2D eigenvalue weighted by Gasteiger charge is 2.16. The normalized spacial score (nSPS) is 12.3. The molecule has 0 aliphatic carbocycles. The molecule has 0 saturated carbocycles. The van der Waals surface area contributed by atoms with Gasteiger partial charge in [0.25, 0.3) is 5.69 Å². The lowest BCUT2D eigenvalue weighted by Crippen LogP contribution is -2.18. The Kier molecular flexibility index (Phi) is 4.85. The molecule has 7 heteroatoms. The predicted molar refractivity (Wildman–Crippen MR) is 82.9 cm³/mol. The highest BCUT2D eigenvalue weighted by atomic mass is 79.9. The van der Waals surface area contributed by atoms with E-state index in [1.807, 2.05) is 25.3 Å². The van der Waals surface area contributed by atoms with Gasteiger partial charge in [-0.3, -0.25) is 10.1 Å². The van der Waals surface area contributed by atoms with Crippen LogP contribution in [0.3, 0.4) is 0 Å². The number of rotatable bonds is 5. The van der Waals surface area contributed by atoms with Crippen molar-refractivity contribution in [3.8, 4) is 0 Å². The molecule has 0 aliphatic rings. The molecule has 2 rings (SSSR count). The van der Waals surface area contributed by atoms with E-state index in [9.17, 15) is 10.1 Å². The molecule has 0 fully saturated rings. The fourth-order valence-electron chi connectivity index (χ4n) is 1.77. The zero-order valence-electron chi connectivity index (χ0n) is 11.1. The van der Waals surface area contributed by atoms with Crippen molar-refractivity contribution in [2.75, 3.05) is 0 Å². The van der Waals surface area contributed by atoms with Crippen LogP contribution >= 0.6 is 27.3 Å². The van der Waals surface area contributed by atoms with E-state index in [1.165, 1.54) is 6.07 Å². The summed E-state index contributed by atoms with van der Waals surface area (Å²) in [6.07, 6.45) is 0. The average Bonchev–Trinajstić information content (AvgIpc) is 2.83. The Balaban J connectivity index is 2.08. The van der Waals surface area contributed by atoms with Crippen LogP contribution in [-0.4, -0.2) is 9.91 Å². The standard InChI is InChI=1S/C13H14BrN3O2S/c1-8-7-20-13(16-8)9(2)15-6-10-4-3-5-11(12(10)14)17(18)19/h3-5,7,9,15H,6H2,1-2H3. The molecule has 5 nitrogen and oxygen atoms in total. The molecule has 1 aromatic heterocycles.